The molecule has 0 fully saturated rings. The fraction of sp³-hybridized carbons (Fsp3) is 0.238. The van der Waals surface area contributed by atoms with Crippen LogP contribution in [0.15, 0.2) is 34.6 Å². The van der Waals surface area contributed by atoms with Gasteiger partial charge in [-0.05, 0) is 53.3 Å². The first kappa shape index (κ1) is 19.2. The minimum atomic E-state index is -1.98. The van der Waals surface area contributed by atoms with Crippen LogP contribution in [0.25, 0.3) is 5.57 Å². The van der Waals surface area contributed by atoms with Gasteiger partial charge in [0.2, 0.25) is 5.78 Å². The van der Waals surface area contributed by atoms with E-state index < -0.39 is 28.8 Å². The van der Waals surface area contributed by atoms with Gasteiger partial charge in [-0.25, -0.2) is 4.79 Å². The van der Waals surface area contributed by atoms with Gasteiger partial charge >= 0.3 is 5.97 Å². The third-order valence-electron chi connectivity index (χ3n) is 5.89. The number of anilines is 1. The second-order valence-corrected chi connectivity index (χ2v) is 8.68. The van der Waals surface area contributed by atoms with Crippen LogP contribution in [0.1, 0.15) is 40.5 Å². The van der Waals surface area contributed by atoms with Gasteiger partial charge in [0, 0.05) is 26.0 Å². The molecule has 2 N–H and O–H groups in total. The Morgan fingerprint density at radius 2 is 2.00 bits per heavy atom. The highest BCUT2D eigenvalue weighted by atomic mass is 127. The van der Waals surface area contributed by atoms with Crippen molar-refractivity contribution in [1.82, 2.24) is 4.57 Å². The molecule has 4 heterocycles. The topological polar surface area (TPSA) is 115 Å². The molecule has 0 saturated carbocycles. The van der Waals surface area contributed by atoms with E-state index >= 15 is 0 Å². The van der Waals surface area contributed by atoms with Gasteiger partial charge in [-0.1, -0.05) is 6.92 Å². The van der Waals surface area contributed by atoms with Crippen LogP contribution < -0.4 is 10.9 Å². The molecule has 1 aromatic heterocycles. The number of hydrogen-bond donors (Lipinski definition) is 2. The van der Waals surface area contributed by atoms with Gasteiger partial charge in [-0.15, -0.1) is 0 Å². The summed E-state index contributed by atoms with van der Waals surface area (Å²) in [4.78, 5) is 51.1. The molecule has 1 atom stereocenters. The molecule has 0 unspecified atom stereocenters. The highest BCUT2D eigenvalue weighted by molar-refractivity contribution is 14.1. The first-order valence-electron chi connectivity index (χ1n) is 9.32. The number of benzene rings is 1. The van der Waals surface area contributed by atoms with E-state index in [1.165, 1.54) is 10.6 Å². The van der Waals surface area contributed by atoms with Crippen LogP contribution in [0.4, 0.5) is 5.69 Å². The average Bonchev–Trinajstić information content (AvgIpc) is 3.21. The number of esters is 1. The van der Waals surface area contributed by atoms with Crippen molar-refractivity contribution in [3.63, 3.8) is 0 Å². The Kier molecular flexibility index (Phi) is 4.06. The van der Waals surface area contributed by atoms with E-state index in [9.17, 15) is 24.3 Å². The third kappa shape index (κ3) is 2.42. The molecule has 3 aliphatic heterocycles. The summed E-state index contributed by atoms with van der Waals surface area (Å²) < 4.78 is 7.20. The second kappa shape index (κ2) is 6.35. The summed E-state index contributed by atoms with van der Waals surface area (Å²) in [5.74, 6) is -1.71. The Hall–Kier alpha value is -2.79. The summed E-state index contributed by atoms with van der Waals surface area (Å²) in [6.07, 6.45) is -0.00190. The number of nitrogens with zero attached hydrogens (tertiary/aromatic N) is 1. The maximum Gasteiger partial charge on any atom is 0.343 e. The monoisotopic (exact) mass is 518 g/mol. The number of allylic oxidation sites excluding steroid dienone is 1. The summed E-state index contributed by atoms with van der Waals surface area (Å²) in [5, 5.41) is 13.6. The van der Waals surface area contributed by atoms with Crippen LogP contribution in [-0.2, 0) is 33.1 Å². The van der Waals surface area contributed by atoms with Crippen molar-refractivity contribution in [2.45, 2.75) is 32.1 Å². The molecule has 0 bridgehead atoms. The van der Waals surface area contributed by atoms with Gasteiger partial charge in [0.15, 0.2) is 5.60 Å². The van der Waals surface area contributed by atoms with E-state index in [1.807, 2.05) is 12.1 Å². The lowest BCUT2D eigenvalue weighted by atomic mass is 9.86. The summed E-state index contributed by atoms with van der Waals surface area (Å²) in [7, 11) is 0. The number of cyclic esters (lactones) is 1. The van der Waals surface area contributed by atoms with Crippen molar-refractivity contribution >= 4 is 51.5 Å². The lowest BCUT2D eigenvalue weighted by Crippen LogP contribution is -2.44. The molecular formula is C21H15IN2O6. The number of ether oxygens (including phenoxy) is 1. The Morgan fingerprint density at radius 3 is 2.73 bits per heavy atom. The number of ketones is 1. The van der Waals surface area contributed by atoms with Crippen molar-refractivity contribution in [2.24, 2.45) is 0 Å². The van der Waals surface area contributed by atoms with E-state index in [2.05, 4.69) is 27.9 Å². The minimum Gasteiger partial charge on any atom is -0.458 e. The standard InChI is InChI=1S/C21H15IN2O6/c1-2-21(29)13-6-15-17(25)11(7-24(15)19(27)12(13)8-30-20(21)28)16-10-5-9(22)3-4-14(10)23-18(16)26/h3-6,29H,2,7-8H2,1H3,(H,23,26)/b16-11-/t21-/m0/s1. The Balaban J connectivity index is 1.73. The largest absolute Gasteiger partial charge is 0.458 e. The van der Waals surface area contributed by atoms with Gasteiger partial charge in [-0.3, -0.25) is 14.4 Å². The Morgan fingerprint density at radius 1 is 1.23 bits per heavy atom. The van der Waals surface area contributed by atoms with Gasteiger partial charge < -0.3 is 19.7 Å². The van der Waals surface area contributed by atoms with Crippen molar-refractivity contribution in [3.05, 3.63) is 66.1 Å². The smallest absolute Gasteiger partial charge is 0.343 e. The fourth-order valence-corrected chi connectivity index (χ4v) is 4.75. The SMILES string of the molecule is CC[C@@]1(O)C(=O)OCc2c1cc1n(c2=O)C/C(=C2/C(=O)Nc3ccc(I)cc32)C1=O. The highest BCUT2D eigenvalue weighted by Crippen LogP contribution is 2.39. The van der Waals surface area contributed by atoms with Crippen molar-refractivity contribution in [2.75, 3.05) is 5.32 Å². The average molecular weight is 518 g/mol. The van der Waals surface area contributed by atoms with Gasteiger partial charge in [-0.2, -0.15) is 0 Å². The van der Waals surface area contributed by atoms with Crippen molar-refractivity contribution < 1.29 is 24.2 Å². The number of amides is 1. The van der Waals surface area contributed by atoms with Crippen LogP contribution in [0, 0.1) is 3.57 Å². The number of carbonyl (C=O) groups excluding carboxylic acids is 3. The number of rotatable bonds is 1. The molecule has 1 aromatic carbocycles. The van der Waals surface area contributed by atoms with Gasteiger partial charge in [0.1, 0.15) is 6.61 Å². The number of pyridine rings is 1. The molecule has 2 aromatic rings. The first-order valence-corrected chi connectivity index (χ1v) is 10.4. The number of fused-ring (bicyclic) bond motifs is 3. The lowest BCUT2D eigenvalue weighted by Gasteiger charge is -2.31. The second-order valence-electron chi connectivity index (χ2n) is 7.43. The molecule has 30 heavy (non-hydrogen) atoms. The van der Waals surface area contributed by atoms with Crippen LogP contribution in [0.3, 0.4) is 0 Å². The number of nitrogens with one attached hydrogen (secondary N) is 1. The zero-order valence-corrected chi connectivity index (χ0v) is 17.9. The number of hydrogen-bond acceptors (Lipinski definition) is 6. The number of carbonyl (C=O) groups is 3. The number of Topliss-reactive ketones (excluding diaryl/α,β-unsaturated/α-hetero) is 1. The Bertz CT molecular complexity index is 1290. The van der Waals surface area contributed by atoms with Crippen molar-refractivity contribution in [3.8, 4) is 0 Å². The number of halogens is 1. The van der Waals surface area contributed by atoms with E-state index in [4.69, 9.17) is 4.74 Å². The van der Waals surface area contributed by atoms with Crippen LogP contribution in [0.2, 0.25) is 0 Å². The molecule has 152 valence electrons. The van der Waals surface area contributed by atoms with Crippen LogP contribution >= 0.6 is 22.6 Å². The third-order valence-corrected chi connectivity index (χ3v) is 6.56. The molecular weight excluding hydrogens is 503 g/mol. The number of aliphatic hydroxyl groups is 1. The predicted molar refractivity (Wildman–Crippen MR) is 114 cm³/mol. The molecule has 1 amide bonds. The van der Waals surface area contributed by atoms with Gasteiger partial charge in [0.25, 0.3) is 11.5 Å². The fourth-order valence-electron chi connectivity index (χ4n) is 4.26. The molecule has 9 heteroatoms. The van der Waals surface area contributed by atoms with E-state index in [-0.39, 0.29) is 47.5 Å². The summed E-state index contributed by atoms with van der Waals surface area (Å²) in [5.41, 5.74) is -0.515. The summed E-state index contributed by atoms with van der Waals surface area (Å²) in [6.45, 7) is 1.27. The zero-order valence-electron chi connectivity index (χ0n) is 15.7. The van der Waals surface area contributed by atoms with Crippen LogP contribution in [0.5, 0.6) is 0 Å². The maximum atomic E-state index is 13.2. The molecule has 5 rings (SSSR count). The summed E-state index contributed by atoms with van der Waals surface area (Å²) in [6, 6.07) is 6.81. The van der Waals surface area contributed by atoms with E-state index in [1.54, 1.807) is 13.0 Å². The quantitative estimate of drug-likeness (QED) is 0.338. The van der Waals surface area contributed by atoms with E-state index in [0.717, 1.165) is 3.57 Å². The molecule has 0 aliphatic carbocycles. The first-order chi connectivity index (χ1) is 14.3. The molecule has 0 saturated heterocycles. The molecule has 0 spiro atoms. The zero-order chi connectivity index (χ0) is 21.4. The normalized spacial score (nSPS) is 24.3. The Labute approximate surface area is 183 Å². The maximum absolute atomic E-state index is 13.2. The van der Waals surface area contributed by atoms with Gasteiger partial charge in [0.05, 0.1) is 23.4 Å². The van der Waals surface area contributed by atoms with Crippen LogP contribution in [-0.4, -0.2) is 27.3 Å². The number of aromatic nitrogens is 1. The molecule has 3 aliphatic rings. The molecule has 8 nitrogen and oxygen atoms in total. The summed E-state index contributed by atoms with van der Waals surface area (Å²) >= 11 is 2.12. The van der Waals surface area contributed by atoms with E-state index in [0.29, 0.717) is 11.3 Å². The minimum absolute atomic E-state index is 0.00190. The highest BCUT2D eigenvalue weighted by Gasteiger charge is 2.46. The molecule has 0 radical (unpaired) electrons. The predicted octanol–water partition coefficient (Wildman–Crippen LogP) is 1.71. The van der Waals surface area contributed by atoms with Crippen molar-refractivity contribution in [1.29, 1.82) is 0 Å². The lowest BCUT2D eigenvalue weighted by molar-refractivity contribution is -0.172.